The Morgan fingerprint density at radius 1 is 1.00 bits per heavy atom. The summed E-state index contributed by atoms with van der Waals surface area (Å²) in [7, 11) is 0. The number of aryl methyl sites for hydroxylation is 2. The summed E-state index contributed by atoms with van der Waals surface area (Å²) in [5.74, 6) is 1.29. The molecule has 6 heteroatoms. The van der Waals surface area contributed by atoms with Gasteiger partial charge in [0.25, 0.3) is 5.91 Å². The Hall–Kier alpha value is -2.86. The lowest BCUT2D eigenvalue weighted by atomic mass is 10.1. The molecular formula is C23H26N2O3S. The van der Waals surface area contributed by atoms with Gasteiger partial charge in [0.05, 0.1) is 12.3 Å². The minimum Gasteiger partial charge on any atom is -0.494 e. The van der Waals surface area contributed by atoms with Crippen molar-refractivity contribution in [3.05, 3.63) is 59.0 Å². The average Bonchev–Trinajstić information content (AvgIpc) is 3.08. The van der Waals surface area contributed by atoms with Crippen LogP contribution in [0.5, 0.6) is 11.5 Å². The first-order valence-electron chi connectivity index (χ1n) is 9.81. The molecule has 0 saturated heterocycles. The van der Waals surface area contributed by atoms with Crippen molar-refractivity contribution in [1.82, 2.24) is 4.98 Å². The number of ether oxygens (including phenoxy) is 2. The third-order valence-corrected chi connectivity index (χ3v) is 5.20. The lowest BCUT2D eigenvalue weighted by molar-refractivity contribution is -0.118. The zero-order valence-electron chi connectivity index (χ0n) is 17.0. The minimum absolute atomic E-state index is 0.0514. The molecule has 152 valence electrons. The molecule has 3 aromatic rings. The first kappa shape index (κ1) is 20.9. The van der Waals surface area contributed by atoms with Crippen LogP contribution in [-0.4, -0.2) is 24.1 Å². The van der Waals surface area contributed by atoms with Crippen molar-refractivity contribution in [1.29, 1.82) is 0 Å². The van der Waals surface area contributed by atoms with Crippen LogP contribution in [0.3, 0.4) is 0 Å². The fourth-order valence-electron chi connectivity index (χ4n) is 2.94. The Morgan fingerprint density at radius 2 is 1.66 bits per heavy atom. The molecule has 3 rings (SSSR count). The highest BCUT2D eigenvalue weighted by molar-refractivity contribution is 7.16. The lowest BCUT2D eigenvalue weighted by Gasteiger charge is -2.07. The van der Waals surface area contributed by atoms with Gasteiger partial charge in [-0.25, -0.2) is 4.98 Å². The predicted molar refractivity (Wildman–Crippen MR) is 118 cm³/mol. The number of hydrogen-bond acceptors (Lipinski definition) is 5. The fraction of sp³-hybridized carbons (Fsp3) is 0.304. The summed E-state index contributed by atoms with van der Waals surface area (Å²) >= 11 is 1.45. The molecule has 5 nitrogen and oxygen atoms in total. The van der Waals surface area contributed by atoms with Gasteiger partial charge < -0.3 is 9.47 Å². The molecule has 29 heavy (non-hydrogen) atoms. The fourth-order valence-corrected chi connectivity index (χ4v) is 3.79. The van der Waals surface area contributed by atoms with Crippen molar-refractivity contribution < 1.29 is 14.3 Å². The highest BCUT2D eigenvalue weighted by atomic mass is 32.1. The van der Waals surface area contributed by atoms with Crippen LogP contribution in [0.1, 0.15) is 30.7 Å². The molecule has 0 spiro atoms. The molecule has 2 aromatic carbocycles. The van der Waals surface area contributed by atoms with Gasteiger partial charge in [0.1, 0.15) is 11.5 Å². The molecule has 1 heterocycles. The van der Waals surface area contributed by atoms with E-state index in [0.29, 0.717) is 17.5 Å². The highest BCUT2D eigenvalue weighted by Gasteiger charge is 2.13. The van der Waals surface area contributed by atoms with E-state index >= 15 is 0 Å². The number of anilines is 1. The van der Waals surface area contributed by atoms with E-state index < -0.39 is 0 Å². The first-order valence-corrected chi connectivity index (χ1v) is 10.6. The van der Waals surface area contributed by atoms with Crippen molar-refractivity contribution >= 4 is 22.4 Å². The minimum atomic E-state index is -0.227. The number of thiazole rings is 1. The summed E-state index contributed by atoms with van der Waals surface area (Å²) < 4.78 is 11.1. The topological polar surface area (TPSA) is 60.5 Å². The maximum absolute atomic E-state index is 12.2. The van der Waals surface area contributed by atoms with E-state index in [4.69, 9.17) is 9.47 Å². The number of benzene rings is 2. The van der Waals surface area contributed by atoms with E-state index in [9.17, 15) is 4.79 Å². The summed E-state index contributed by atoms with van der Waals surface area (Å²) in [6.07, 6.45) is 2.15. The molecule has 0 unspecified atom stereocenters. The lowest BCUT2D eigenvalue weighted by Crippen LogP contribution is -2.20. The number of amides is 1. The molecule has 0 saturated carbocycles. The van der Waals surface area contributed by atoms with Crippen LogP contribution in [0.25, 0.3) is 11.3 Å². The molecule has 1 aromatic heterocycles. The standard InChI is InChI=1S/C23H26N2O3S/c1-4-6-17-7-11-20(12-8-17)28-15-21(26)24-23-25-22(16(3)29-23)18-9-13-19(14-10-18)27-5-2/h7-14H,4-6,15H2,1-3H3,(H,24,25,26). The third kappa shape index (κ3) is 5.81. The summed E-state index contributed by atoms with van der Waals surface area (Å²) in [4.78, 5) is 17.9. The van der Waals surface area contributed by atoms with Gasteiger partial charge in [0, 0.05) is 10.4 Å². The number of carbonyl (C=O) groups is 1. The summed E-state index contributed by atoms with van der Waals surface area (Å²) in [5.41, 5.74) is 3.12. The Morgan fingerprint density at radius 3 is 2.31 bits per heavy atom. The van der Waals surface area contributed by atoms with E-state index in [2.05, 4.69) is 17.2 Å². The Labute approximate surface area is 175 Å². The van der Waals surface area contributed by atoms with Crippen LogP contribution in [0.2, 0.25) is 0 Å². The normalized spacial score (nSPS) is 10.6. The van der Waals surface area contributed by atoms with Gasteiger partial charge in [-0.2, -0.15) is 0 Å². The number of nitrogens with one attached hydrogen (secondary N) is 1. The summed E-state index contributed by atoms with van der Waals surface area (Å²) in [6.45, 7) is 6.68. The van der Waals surface area contributed by atoms with Crippen LogP contribution in [0.15, 0.2) is 48.5 Å². The second kappa shape index (κ2) is 10.1. The predicted octanol–water partition coefficient (Wildman–Crippen LogP) is 5.49. The van der Waals surface area contributed by atoms with E-state index in [1.165, 1.54) is 16.9 Å². The molecule has 1 N–H and O–H groups in total. The van der Waals surface area contributed by atoms with Crippen molar-refractivity contribution in [3.63, 3.8) is 0 Å². The van der Waals surface area contributed by atoms with Crippen molar-refractivity contribution in [2.75, 3.05) is 18.5 Å². The van der Waals surface area contributed by atoms with Crippen LogP contribution < -0.4 is 14.8 Å². The number of nitrogens with zero attached hydrogens (tertiary/aromatic N) is 1. The van der Waals surface area contributed by atoms with E-state index in [-0.39, 0.29) is 12.5 Å². The number of rotatable bonds is 9. The number of carbonyl (C=O) groups excluding carboxylic acids is 1. The summed E-state index contributed by atoms with van der Waals surface area (Å²) in [5, 5.41) is 3.39. The Kier molecular flexibility index (Phi) is 7.25. The van der Waals surface area contributed by atoms with E-state index in [1.807, 2.05) is 62.4 Å². The van der Waals surface area contributed by atoms with Crippen molar-refractivity contribution in [2.24, 2.45) is 0 Å². The molecule has 0 bridgehead atoms. The van der Waals surface area contributed by atoms with Gasteiger partial charge >= 0.3 is 0 Å². The maximum atomic E-state index is 12.2. The molecular weight excluding hydrogens is 384 g/mol. The summed E-state index contributed by atoms with van der Waals surface area (Å²) in [6, 6.07) is 15.7. The van der Waals surface area contributed by atoms with Gasteiger partial charge in [-0.15, -0.1) is 11.3 Å². The van der Waals surface area contributed by atoms with Crippen LogP contribution >= 0.6 is 11.3 Å². The molecule has 0 atom stereocenters. The zero-order valence-corrected chi connectivity index (χ0v) is 17.8. The maximum Gasteiger partial charge on any atom is 0.264 e. The van der Waals surface area contributed by atoms with E-state index in [0.717, 1.165) is 34.7 Å². The molecule has 0 aliphatic carbocycles. The van der Waals surface area contributed by atoms with Crippen molar-refractivity contribution in [3.8, 4) is 22.8 Å². The largest absolute Gasteiger partial charge is 0.494 e. The smallest absolute Gasteiger partial charge is 0.264 e. The second-order valence-corrected chi connectivity index (χ2v) is 7.82. The molecule has 0 aliphatic rings. The average molecular weight is 411 g/mol. The second-order valence-electron chi connectivity index (χ2n) is 6.61. The van der Waals surface area contributed by atoms with Gasteiger partial charge in [0.2, 0.25) is 0 Å². The van der Waals surface area contributed by atoms with Gasteiger partial charge in [-0.1, -0.05) is 25.5 Å². The van der Waals surface area contributed by atoms with E-state index in [1.54, 1.807) is 0 Å². The number of hydrogen-bond donors (Lipinski definition) is 1. The van der Waals surface area contributed by atoms with Gasteiger partial charge in [-0.3, -0.25) is 10.1 Å². The van der Waals surface area contributed by atoms with Crippen LogP contribution in [-0.2, 0) is 11.2 Å². The van der Waals surface area contributed by atoms with Crippen molar-refractivity contribution in [2.45, 2.75) is 33.6 Å². The molecule has 0 radical (unpaired) electrons. The SMILES string of the molecule is CCCc1ccc(OCC(=O)Nc2nc(-c3ccc(OCC)cc3)c(C)s2)cc1. The van der Waals surface area contributed by atoms with Crippen LogP contribution in [0.4, 0.5) is 5.13 Å². The highest BCUT2D eigenvalue weighted by Crippen LogP contribution is 2.31. The molecule has 0 fully saturated rings. The Bertz CT molecular complexity index is 934. The van der Waals surface area contributed by atoms with Crippen LogP contribution in [0, 0.1) is 6.92 Å². The third-order valence-electron chi connectivity index (χ3n) is 4.31. The van der Waals surface area contributed by atoms with Gasteiger partial charge in [-0.05, 0) is 62.2 Å². The molecule has 1 amide bonds. The Balaban J connectivity index is 1.57. The zero-order chi connectivity index (χ0) is 20.6. The first-order chi connectivity index (χ1) is 14.1. The van der Waals surface area contributed by atoms with Gasteiger partial charge in [0.15, 0.2) is 11.7 Å². The molecule has 0 aliphatic heterocycles. The number of aromatic nitrogens is 1. The quantitative estimate of drug-likeness (QED) is 0.507. The monoisotopic (exact) mass is 410 g/mol.